The number of rotatable bonds is 15. The molecule has 0 aromatic heterocycles. The molecule has 3 nitrogen and oxygen atoms in total. The van der Waals surface area contributed by atoms with Crippen molar-refractivity contribution in [3.63, 3.8) is 0 Å². The van der Waals surface area contributed by atoms with Crippen LogP contribution >= 0.6 is 9.48 Å². The minimum Gasteiger partial charge on any atom is -0.373 e. The van der Waals surface area contributed by atoms with Gasteiger partial charge >= 0.3 is 8.80 Å². The minimum absolute atomic E-state index is 0.0267. The average molecular weight is 450 g/mol. The number of hydrogen-bond acceptors (Lipinski definition) is 3. The molecule has 6 heteroatoms. The smallest absolute Gasteiger partial charge is 0.373 e. The molecule has 0 aromatic carbocycles. The van der Waals surface area contributed by atoms with Gasteiger partial charge in [0, 0.05) is 19.3 Å². The summed E-state index contributed by atoms with van der Waals surface area (Å²) in [5.74, 6) is 0.474. The summed E-state index contributed by atoms with van der Waals surface area (Å²) >= 11 is 0. The topological polar surface area (TPSA) is 27.7 Å². The summed E-state index contributed by atoms with van der Waals surface area (Å²) in [6, 6.07) is 0.879. The molecule has 28 heavy (non-hydrogen) atoms. The van der Waals surface area contributed by atoms with Crippen molar-refractivity contribution in [2.45, 2.75) is 105 Å². The van der Waals surface area contributed by atoms with Crippen LogP contribution in [0.4, 0.5) is 0 Å². The Kier molecular flexibility index (Phi) is 12.8. The zero-order valence-electron chi connectivity index (χ0n) is 20.6. The lowest BCUT2D eigenvalue weighted by Gasteiger charge is -2.59. The highest BCUT2D eigenvalue weighted by atomic mass is 32.4. The van der Waals surface area contributed by atoms with Gasteiger partial charge in [-0.25, -0.2) is 9.48 Å². The van der Waals surface area contributed by atoms with E-state index in [2.05, 4.69) is 77.3 Å². The van der Waals surface area contributed by atoms with Gasteiger partial charge in [-0.05, 0) is 43.1 Å². The highest BCUT2D eigenvalue weighted by Gasteiger charge is 2.56. The molecule has 0 aliphatic heterocycles. The van der Waals surface area contributed by atoms with Crippen LogP contribution in [0.2, 0.25) is 6.04 Å². The van der Waals surface area contributed by atoms with E-state index in [1.54, 1.807) is 0 Å². The van der Waals surface area contributed by atoms with Gasteiger partial charge in [0.2, 0.25) is 0 Å². The Morgan fingerprint density at radius 2 is 1.36 bits per heavy atom. The van der Waals surface area contributed by atoms with Gasteiger partial charge in [-0.1, -0.05) is 74.7 Å². The summed E-state index contributed by atoms with van der Waals surface area (Å²) in [6.07, 6.45) is 11.1. The normalized spacial score (nSPS) is 16.4. The fraction of sp³-hybridized carbons (Fsp3) is 1.00. The highest BCUT2D eigenvalue weighted by molar-refractivity contribution is 8.50. The van der Waals surface area contributed by atoms with Crippen molar-refractivity contribution in [2.75, 3.05) is 25.7 Å². The van der Waals surface area contributed by atoms with E-state index < -0.39 is 18.3 Å². The first kappa shape index (κ1) is 28.7. The van der Waals surface area contributed by atoms with Crippen molar-refractivity contribution in [2.24, 2.45) is 11.3 Å². The van der Waals surface area contributed by atoms with E-state index in [9.17, 15) is 0 Å². The maximum absolute atomic E-state index is 7.28. The molecule has 0 bridgehead atoms. The highest BCUT2D eigenvalue weighted by Crippen LogP contribution is 2.62. The molecule has 0 aliphatic rings. The van der Waals surface area contributed by atoms with Crippen LogP contribution in [-0.4, -0.2) is 48.9 Å². The predicted octanol–water partition coefficient (Wildman–Crippen LogP) is 6.92. The third-order valence-corrected chi connectivity index (χ3v) is 12.1. The molecule has 0 spiro atoms. The van der Waals surface area contributed by atoms with E-state index in [1.165, 1.54) is 0 Å². The quantitative estimate of drug-likeness (QED) is 0.200. The lowest BCUT2D eigenvalue weighted by molar-refractivity contribution is -0.0436. The summed E-state index contributed by atoms with van der Waals surface area (Å²) in [6.45, 7) is 19.5. The Morgan fingerprint density at radius 3 is 1.64 bits per heavy atom. The molecule has 0 aliphatic carbocycles. The zero-order chi connectivity index (χ0) is 22.1. The molecule has 0 saturated carbocycles. The van der Waals surface area contributed by atoms with Gasteiger partial charge in [0.25, 0.3) is 0 Å². The standard InChI is InChI=1S/C22H49O3SSi2/c1-11-14-17-23-28(19-20(4)5,24-18-15-12-2)25-22(16-13-3,21(6,7)8)26(9,10)27/h20H,11-19H2,1-10H3. The van der Waals surface area contributed by atoms with Crippen LogP contribution in [-0.2, 0) is 13.3 Å². The van der Waals surface area contributed by atoms with Gasteiger partial charge in [-0.15, -0.1) is 0 Å². The van der Waals surface area contributed by atoms with Crippen LogP contribution in [0.5, 0.6) is 0 Å². The van der Waals surface area contributed by atoms with Crippen LogP contribution in [0.15, 0.2) is 0 Å². The van der Waals surface area contributed by atoms with Gasteiger partial charge in [0.1, 0.15) is 0 Å². The van der Waals surface area contributed by atoms with Crippen molar-refractivity contribution < 1.29 is 13.3 Å². The Labute approximate surface area is 182 Å². The van der Waals surface area contributed by atoms with Crippen molar-refractivity contribution in [1.29, 1.82) is 0 Å². The Balaban J connectivity index is 6.20. The van der Waals surface area contributed by atoms with E-state index in [0.717, 1.165) is 57.8 Å². The van der Waals surface area contributed by atoms with Crippen molar-refractivity contribution >= 4 is 27.7 Å². The largest absolute Gasteiger partial charge is 0.502 e. The van der Waals surface area contributed by atoms with Crippen LogP contribution in [0.25, 0.3) is 0 Å². The van der Waals surface area contributed by atoms with Crippen LogP contribution in [0, 0.1) is 11.3 Å². The van der Waals surface area contributed by atoms with E-state index >= 15 is 0 Å². The monoisotopic (exact) mass is 449 g/mol. The molecular formula is C22H49O3SSi2. The van der Waals surface area contributed by atoms with Crippen molar-refractivity contribution in [1.82, 2.24) is 0 Å². The van der Waals surface area contributed by atoms with Crippen LogP contribution < -0.4 is 0 Å². The summed E-state index contributed by atoms with van der Waals surface area (Å²) in [5.41, 5.74) is -0.0267. The first-order chi connectivity index (χ1) is 12.8. The molecule has 1 unspecified atom stereocenters. The molecule has 0 amide bonds. The van der Waals surface area contributed by atoms with Gasteiger partial charge in [-0.2, -0.15) is 0 Å². The molecular weight excluding hydrogens is 400 g/mol. The van der Waals surface area contributed by atoms with E-state index in [0.29, 0.717) is 5.92 Å². The zero-order valence-corrected chi connectivity index (χ0v) is 23.4. The molecule has 0 N–H and O–H groups in total. The predicted molar refractivity (Wildman–Crippen MR) is 130 cm³/mol. The van der Waals surface area contributed by atoms with Gasteiger partial charge in [0.05, 0.1) is 14.3 Å². The molecule has 3 radical (unpaired) electrons. The molecule has 0 aromatic rings. The maximum Gasteiger partial charge on any atom is 0.502 e. The summed E-state index contributed by atoms with van der Waals surface area (Å²) in [7, 11) is 0.0995. The summed E-state index contributed by atoms with van der Waals surface area (Å²) < 4.78 is 20.5. The molecule has 0 heterocycles. The van der Waals surface area contributed by atoms with E-state index in [-0.39, 0.29) is 10.3 Å². The lowest BCUT2D eigenvalue weighted by Crippen LogP contribution is -2.60. The summed E-state index contributed by atoms with van der Waals surface area (Å²) in [4.78, 5) is -0.300. The van der Waals surface area contributed by atoms with Gasteiger partial charge < -0.3 is 13.3 Å². The van der Waals surface area contributed by atoms with Gasteiger partial charge in [-0.3, -0.25) is 0 Å². The van der Waals surface area contributed by atoms with Gasteiger partial charge in [0.15, 0.2) is 0 Å². The maximum atomic E-state index is 7.28. The lowest BCUT2D eigenvalue weighted by atomic mass is 9.86. The molecule has 0 fully saturated rings. The fourth-order valence-electron chi connectivity index (χ4n) is 3.79. The third-order valence-electron chi connectivity index (χ3n) is 5.16. The average Bonchev–Trinajstić information content (AvgIpc) is 2.52. The van der Waals surface area contributed by atoms with Crippen molar-refractivity contribution in [3.05, 3.63) is 0 Å². The molecule has 0 rings (SSSR count). The Hall–Kier alpha value is 0.664. The molecule has 169 valence electrons. The van der Waals surface area contributed by atoms with E-state index in [1.807, 2.05) is 0 Å². The van der Waals surface area contributed by atoms with E-state index in [4.69, 9.17) is 13.3 Å². The second-order valence-corrected chi connectivity index (χ2v) is 18.8. The molecule has 0 saturated heterocycles. The van der Waals surface area contributed by atoms with Crippen LogP contribution in [0.3, 0.4) is 0 Å². The number of hydrogen-bond donors (Lipinski definition) is 0. The second-order valence-electron chi connectivity index (χ2n) is 9.87. The third kappa shape index (κ3) is 8.42. The second kappa shape index (κ2) is 12.5. The fourth-order valence-corrected chi connectivity index (χ4v) is 12.2. The van der Waals surface area contributed by atoms with Crippen LogP contribution in [0.1, 0.15) is 93.9 Å². The summed E-state index contributed by atoms with van der Waals surface area (Å²) in [5, 5.41) is 0. The first-order valence-electron chi connectivity index (χ1n) is 11.3. The Bertz CT molecular complexity index is 393. The minimum atomic E-state index is -2.84. The first-order valence-corrected chi connectivity index (χ1v) is 16.9. The van der Waals surface area contributed by atoms with Crippen molar-refractivity contribution in [3.8, 4) is 0 Å². The Morgan fingerprint density at radius 1 is 0.893 bits per heavy atom. The molecule has 1 atom stereocenters. The SMILES string of the molecule is CCCCO[Si](CC(C)C)(OCCCC)OC(CCC)(C(C)(C)C)S(C)(C)[Si]. The number of unbranched alkanes of at least 4 members (excludes halogenated alkanes) is 2.